The van der Waals surface area contributed by atoms with Crippen LogP contribution in [0.4, 0.5) is 14.5 Å². The van der Waals surface area contributed by atoms with Gasteiger partial charge in [0.25, 0.3) is 5.91 Å². The number of carbonyl (C=O) groups is 1. The van der Waals surface area contributed by atoms with Crippen LogP contribution in [-0.2, 0) is 4.79 Å². The van der Waals surface area contributed by atoms with Crippen LogP contribution in [0, 0.1) is 11.6 Å². The lowest BCUT2D eigenvalue weighted by atomic mass is 10.1. The number of aromatic hydroxyl groups is 1. The third-order valence-corrected chi connectivity index (χ3v) is 3.70. The van der Waals surface area contributed by atoms with E-state index in [0.717, 1.165) is 17.5 Å². The SMILES string of the molecule is C[C@@H](Oc1ccc(F)c(F)c1)C(=O)Nc1cccc2ccc(O)cc12. The molecule has 0 aromatic heterocycles. The van der Waals surface area contributed by atoms with E-state index in [1.807, 2.05) is 6.07 Å². The van der Waals surface area contributed by atoms with Gasteiger partial charge in [-0.1, -0.05) is 18.2 Å². The maximum Gasteiger partial charge on any atom is 0.265 e. The molecule has 128 valence electrons. The van der Waals surface area contributed by atoms with Crippen LogP contribution in [-0.4, -0.2) is 17.1 Å². The molecule has 0 unspecified atom stereocenters. The van der Waals surface area contributed by atoms with Crippen LogP contribution in [0.3, 0.4) is 0 Å². The number of fused-ring (bicyclic) bond motifs is 1. The van der Waals surface area contributed by atoms with E-state index >= 15 is 0 Å². The first-order valence-electron chi connectivity index (χ1n) is 7.58. The number of nitrogens with one attached hydrogen (secondary N) is 1. The monoisotopic (exact) mass is 343 g/mol. The van der Waals surface area contributed by atoms with Crippen molar-refractivity contribution in [2.24, 2.45) is 0 Å². The molecule has 0 saturated heterocycles. The lowest BCUT2D eigenvalue weighted by Gasteiger charge is -2.16. The summed E-state index contributed by atoms with van der Waals surface area (Å²) < 4.78 is 31.5. The van der Waals surface area contributed by atoms with Crippen molar-refractivity contribution >= 4 is 22.4 Å². The molecule has 0 spiro atoms. The Morgan fingerprint density at radius 3 is 2.64 bits per heavy atom. The highest BCUT2D eigenvalue weighted by Crippen LogP contribution is 2.27. The number of benzene rings is 3. The molecule has 3 aromatic rings. The topological polar surface area (TPSA) is 58.6 Å². The van der Waals surface area contributed by atoms with Gasteiger partial charge in [0.05, 0.1) is 0 Å². The van der Waals surface area contributed by atoms with Crippen LogP contribution in [0.15, 0.2) is 54.6 Å². The van der Waals surface area contributed by atoms with E-state index in [2.05, 4.69) is 5.32 Å². The Hall–Kier alpha value is -3.15. The third-order valence-electron chi connectivity index (χ3n) is 3.70. The van der Waals surface area contributed by atoms with E-state index in [9.17, 15) is 18.7 Å². The van der Waals surface area contributed by atoms with Crippen molar-refractivity contribution in [3.63, 3.8) is 0 Å². The van der Waals surface area contributed by atoms with Crippen molar-refractivity contribution in [3.05, 3.63) is 66.2 Å². The molecule has 0 bridgehead atoms. The minimum Gasteiger partial charge on any atom is -0.508 e. The molecule has 1 atom stereocenters. The Labute approximate surface area is 142 Å². The second-order valence-corrected chi connectivity index (χ2v) is 5.54. The zero-order chi connectivity index (χ0) is 18.0. The number of carbonyl (C=O) groups excluding carboxylic acids is 1. The summed E-state index contributed by atoms with van der Waals surface area (Å²) in [7, 11) is 0. The highest BCUT2D eigenvalue weighted by molar-refractivity contribution is 6.03. The fourth-order valence-corrected chi connectivity index (χ4v) is 2.41. The van der Waals surface area contributed by atoms with Gasteiger partial charge in [-0.2, -0.15) is 0 Å². The second kappa shape index (κ2) is 6.76. The molecule has 0 saturated carbocycles. The maximum absolute atomic E-state index is 13.2. The van der Waals surface area contributed by atoms with E-state index < -0.39 is 23.6 Å². The number of amides is 1. The summed E-state index contributed by atoms with van der Waals surface area (Å²) in [6, 6.07) is 13.2. The number of phenolic OH excluding ortho intramolecular Hbond substituents is 1. The van der Waals surface area contributed by atoms with Crippen LogP contribution in [0.25, 0.3) is 10.8 Å². The number of phenols is 1. The first kappa shape index (κ1) is 16.7. The molecule has 0 heterocycles. The van der Waals surface area contributed by atoms with Gasteiger partial charge in [0, 0.05) is 17.1 Å². The molecule has 2 N–H and O–H groups in total. The average Bonchev–Trinajstić information content (AvgIpc) is 2.58. The minimum absolute atomic E-state index is 0.0529. The van der Waals surface area contributed by atoms with E-state index in [0.29, 0.717) is 11.1 Å². The summed E-state index contributed by atoms with van der Waals surface area (Å²) in [6.07, 6.45) is -0.933. The summed E-state index contributed by atoms with van der Waals surface area (Å²) in [6.45, 7) is 1.50. The first-order valence-corrected chi connectivity index (χ1v) is 7.58. The molecule has 25 heavy (non-hydrogen) atoms. The molecule has 0 radical (unpaired) electrons. The molecule has 0 aliphatic rings. The van der Waals surface area contributed by atoms with Gasteiger partial charge >= 0.3 is 0 Å². The highest BCUT2D eigenvalue weighted by Gasteiger charge is 2.17. The van der Waals surface area contributed by atoms with E-state index in [1.54, 1.807) is 30.3 Å². The zero-order valence-electron chi connectivity index (χ0n) is 13.3. The molecule has 4 nitrogen and oxygen atoms in total. The number of hydrogen-bond donors (Lipinski definition) is 2. The molecule has 6 heteroatoms. The van der Waals surface area contributed by atoms with Crippen molar-refractivity contribution in [2.45, 2.75) is 13.0 Å². The number of rotatable bonds is 4. The van der Waals surface area contributed by atoms with E-state index in [4.69, 9.17) is 4.74 Å². The van der Waals surface area contributed by atoms with Gasteiger partial charge in [-0.15, -0.1) is 0 Å². The van der Waals surface area contributed by atoms with E-state index in [1.165, 1.54) is 13.0 Å². The minimum atomic E-state index is -1.05. The molecule has 3 rings (SSSR count). The molecular formula is C19H15F2NO3. The Morgan fingerprint density at radius 2 is 1.88 bits per heavy atom. The molecule has 1 amide bonds. The van der Waals surface area contributed by atoms with Gasteiger partial charge < -0.3 is 15.2 Å². The highest BCUT2D eigenvalue weighted by atomic mass is 19.2. The summed E-state index contributed by atoms with van der Waals surface area (Å²) >= 11 is 0. The first-order chi connectivity index (χ1) is 11.9. The van der Waals surface area contributed by atoms with Gasteiger partial charge in [0.2, 0.25) is 0 Å². The van der Waals surface area contributed by atoms with Crippen molar-refractivity contribution in [1.82, 2.24) is 0 Å². The smallest absolute Gasteiger partial charge is 0.265 e. The van der Waals surface area contributed by atoms with Gasteiger partial charge in [-0.25, -0.2) is 8.78 Å². The molecule has 0 aliphatic carbocycles. The molecule has 0 aliphatic heterocycles. The van der Waals surface area contributed by atoms with Gasteiger partial charge in [0.15, 0.2) is 17.7 Å². The summed E-state index contributed by atoms with van der Waals surface area (Å²) in [4.78, 5) is 12.3. The molecule has 3 aromatic carbocycles. The van der Waals surface area contributed by atoms with Gasteiger partial charge in [-0.05, 0) is 42.6 Å². The zero-order valence-corrected chi connectivity index (χ0v) is 13.3. The summed E-state index contributed by atoms with van der Waals surface area (Å²) in [5.41, 5.74) is 0.513. The van der Waals surface area contributed by atoms with E-state index in [-0.39, 0.29) is 11.5 Å². The van der Waals surface area contributed by atoms with Gasteiger partial charge in [0.1, 0.15) is 11.5 Å². The largest absolute Gasteiger partial charge is 0.508 e. The predicted molar refractivity (Wildman–Crippen MR) is 90.7 cm³/mol. The van der Waals surface area contributed by atoms with Gasteiger partial charge in [-0.3, -0.25) is 4.79 Å². The number of halogens is 2. The van der Waals surface area contributed by atoms with Crippen molar-refractivity contribution in [2.75, 3.05) is 5.32 Å². The second-order valence-electron chi connectivity index (χ2n) is 5.54. The fraction of sp³-hybridized carbons (Fsp3) is 0.105. The Morgan fingerprint density at radius 1 is 1.08 bits per heavy atom. The predicted octanol–water partition coefficient (Wildman–Crippen LogP) is 4.23. The number of anilines is 1. The van der Waals surface area contributed by atoms with Crippen LogP contribution < -0.4 is 10.1 Å². The third kappa shape index (κ3) is 3.68. The quantitative estimate of drug-likeness (QED) is 0.745. The average molecular weight is 343 g/mol. The maximum atomic E-state index is 13.2. The van der Waals surface area contributed by atoms with Crippen LogP contribution in [0.1, 0.15) is 6.92 Å². The molecule has 0 fully saturated rings. The van der Waals surface area contributed by atoms with Crippen LogP contribution >= 0.6 is 0 Å². The van der Waals surface area contributed by atoms with Crippen LogP contribution in [0.2, 0.25) is 0 Å². The normalized spacial score (nSPS) is 12.0. The van der Waals surface area contributed by atoms with Crippen molar-refractivity contribution in [3.8, 4) is 11.5 Å². The molecular weight excluding hydrogens is 328 g/mol. The lowest BCUT2D eigenvalue weighted by Crippen LogP contribution is -2.30. The fourth-order valence-electron chi connectivity index (χ4n) is 2.41. The van der Waals surface area contributed by atoms with Crippen molar-refractivity contribution < 1.29 is 23.4 Å². The Kier molecular flexibility index (Phi) is 4.52. The Bertz CT molecular complexity index is 943. The Balaban J connectivity index is 1.77. The number of hydrogen-bond acceptors (Lipinski definition) is 3. The summed E-state index contributed by atoms with van der Waals surface area (Å²) in [5.74, 6) is -2.35. The van der Waals surface area contributed by atoms with Crippen molar-refractivity contribution in [1.29, 1.82) is 0 Å². The number of ether oxygens (including phenoxy) is 1. The summed E-state index contributed by atoms with van der Waals surface area (Å²) in [5, 5.41) is 13.9. The standard InChI is InChI=1S/C19H15F2NO3/c1-11(25-14-7-8-16(20)17(21)10-14)19(24)22-18-4-2-3-12-5-6-13(23)9-15(12)18/h2-11,23H,1H3,(H,22,24)/t11-/m1/s1. The lowest BCUT2D eigenvalue weighted by molar-refractivity contribution is -0.122. The van der Waals surface area contributed by atoms with Crippen LogP contribution in [0.5, 0.6) is 11.5 Å².